The van der Waals surface area contributed by atoms with Crippen molar-refractivity contribution in [2.75, 3.05) is 26.2 Å². The van der Waals surface area contributed by atoms with Gasteiger partial charge in [-0.05, 0) is 55.3 Å². The van der Waals surface area contributed by atoms with E-state index in [1.54, 1.807) is 25.3 Å². The van der Waals surface area contributed by atoms with E-state index in [4.69, 9.17) is 24.7 Å². The van der Waals surface area contributed by atoms with E-state index >= 15 is 0 Å². The summed E-state index contributed by atoms with van der Waals surface area (Å²) in [6, 6.07) is 8.76. The van der Waals surface area contributed by atoms with Crippen LogP contribution >= 0.6 is 0 Å². The predicted octanol–water partition coefficient (Wildman–Crippen LogP) is 4.08. The minimum absolute atomic E-state index is 0.0797. The van der Waals surface area contributed by atoms with Crippen LogP contribution in [0.15, 0.2) is 35.9 Å². The summed E-state index contributed by atoms with van der Waals surface area (Å²) in [5.41, 5.74) is 8.43. The van der Waals surface area contributed by atoms with Gasteiger partial charge >= 0.3 is 0 Å². The number of benzene rings is 2. The van der Waals surface area contributed by atoms with E-state index in [-0.39, 0.29) is 12.6 Å². The van der Waals surface area contributed by atoms with Crippen molar-refractivity contribution in [1.82, 2.24) is 0 Å². The molecular formula is C21H23NO5. The van der Waals surface area contributed by atoms with Crippen LogP contribution < -0.4 is 24.7 Å². The lowest BCUT2D eigenvalue weighted by Gasteiger charge is -2.10. The molecule has 2 aromatic carbocycles. The molecule has 2 aromatic rings. The molecule has 0 saturated heterocycles. The van der Waals surface area contributed by atoms with Gasteiger partial charge in [-0.1, -0.05) is 6.92 Å². The quantitative estimate of drug-likeness (QED) is 0.450. The first-order chi connectivity index (χ1) is 13.1. The van der Waals surface area contributed by atoms with E-state index in [9.17, 15) is 4.79 Å². The number of methoxy groups -OCH3 is 1. The maximum absolute atomic E-state index is 12.9. The van der Waals surface area contributed by atoms with Gasteiger partial charge in [0.05, 0.1) is 19.4 Å². The molecule has 0 amide bonds. The Morgan fingerprint density at radius 2 is 2.00 bits per heavy atom. The van der Waals surface area contributed by atoms with Crippen LogP contribution in [0.25, 0.3) is 6.08 Å². The van der Waals surface area contributed by atoms with Crippen LogP contribution in [0.3, 0.4) is 0 Å². The minimum Gasteiger partial charge on any atom is -0.493 e. The molecule has 0 atom stereocenters. The number of ether oxygens (including phenoxy) is 4. The lowest BCUT2D eigenvalue weighted by atomic mass is 9.98. The summed E-state index contributed by atoms with van der Waals surface area (Å²) < 4.78 is 21.6. The van der Waals surface area contributed by atoms with Crippen molar-refractivity contribution in [3.05, 3.63) is 47.0 Å². The van der Waals surface area contributed by atoms with Crippen molar-refractivity contribution in [3.63, 3.8) is 0 Å². The number of nitrogens with two attached hydrogens (primary N) is 1. The monoisotopic (exact) mass is 369 g/mol. The van der Waals surface area contributed by atoms with Gasteiger partial charge in [0.15, 0.2) is 17.3 Å². The zero-order valence-electron chi connectivity index (χ0n) is 15.7. The van der Waals surface area contributed by atoms with Gasteiger partial charge in [0, 0.05) is 11.1 Å². The molecule has 6 heteroatoms. The second-order valence-electron chi connectivity index (χ2n) is 5.99. The molecule has 0 unspecified atom stereocenters. The molecule has 3 rings (SSSR count). The first-order valence-corrected chi connectivity index (χ1v) is 8.82. The van der Waals surface area contributed by atoms with E-state index < -0.39 is 0 Å². The molecule has 27 heavy (non-hydrogen) atoms. The van der Waals surface area contributed by atoms with Crippen molar-refractivity contribution in [3.8, 4) is 23.0 Å². The molecule has 0 radical (unpaired) electrons. The molecular weight excluding hydrogens is 346 g/mol. The number of fused-ring (bicyclic) bond motifs is 1. The third kappa shape index (κ3) is 3.84. The number of nitrogen functional groups attached to an aromatic ring is 1. The standard InChI is InChI=1S/C21H23NO5/c1-4-14(20(23)15-6-7-17(25-5-2)16(22)11-15)8-13-9-18(24-3)21-19(10-13)26-12-27-21/h6-11H,4-5,12,22H2,1-3H3/b14-8+. The SMILES string of the molecule is CCOc1ccc(C(=O)/C(=C/c2cc(OC)c3c(c2)OCO3)CC)cc1N. The maximum atomic E-state index is 12.9. The average molecular weight is 369 g/mol. The van der Waals surface area contributed by atoms with Crippen molar-refractivity contribution in [2.45, 2.75) is 20.3 Å². The Labute approximate surface area is 158 Å². The zero-order chi connectivity index (χ0) is 19.4. The summed E-state index contributed by atoms with van der Waals surface area (Å²) in [7, 11) is 1.57. The number of carbonyl (C=O) groups is 1. The van der Waals surface area contributed by atoms with E-state index in [1.165, 1.54) is 0 Å². The number of allylic oxidation sites excluding steroid dienone is 1. The Bertz CT molecular complexity index is 888. The van der Waals surface area contributed by atoms with Crippen LogP contribution in [-0.4, -0.2) is 26.3 Å². The van der Waals surface area contributed by atoms with Gasteiger partial charge < -0.3 is 24.7 Å². The number of rotatable bonds is 7. The summed E-state index contributed by atoms with van der Waals surface area (Å²) in [6.07, 6.45) is 2.40. The second kappa shape index (κ2) is 8.03. The second-order valence-corrected chi connectivity index (χ2v) is 5.99. The predicted molar refractivity (Wildman–Crippen MR) is 104 cm³/mol. The normalized spacial score (nSPS) is 12.8. The van der Waals surface area contributed by atoms with Crippen LogP contribution in [0, 0.1) is 0 Å². The van der Waals surface area contributed by atoms with E-state index in [0.29, 0.717) is 52.8 Å². The molecule has 0 saturated carbocycles. The smallest absolute Gasteiger partial charge is 0.231 e. The highest BCUT2D eigenvalue weighted by atomic mass is 16.7. The van der Waals surface area contributed by atoms with Gasteiger partial charge in [-0.3, -0.25) is 4.79 Å². The summed E-state index contributed by atoms with van der Waals surface area (Å²) in [4.78, 5) is 12.9. The minimum atomic E-state index is -0.0797. The maximum Gasteiger partial charge on any atom is 0.231 e. The molecule has 2 N–H and O–H groups in total. The molecule has 0 bridgehead atoms. The molecule has 0 spiro atoms. The zero-order valence-corrected chi connectivity index (χ0v) is 15.7. The Morgan fingerprint density at radius 1 is 1.19 bits per heavy atom. The van der Waals surface area contributed by atoms with Gasteiger partial charge in [0.25, 0.3) is 0 Å². The number of hydrogen-bond donors (Lipinski definition) is 1. The number of ketones is 1. The average Bonchev–Trinajstić information content (AvgIpc) is 3.15. The summed E-state index contributed by atoms with van der Waals surface area (Å²) >= 11 is 0. The first kappa shape index (κ1) is 18.6. The van der Waals surface area contributed by atoms with E-state index in [1.807, 2.05) is 32.1 Å². The summed E-state index contributed by atoms with van der Waals surface area (Å²) in [5, 5.41) is 0. The molecule has 1 aliphatic rings. The molecule has 6 nitrogen and oxygen atoms in total. The Kier molecular flexibility index (Phi) is 5.54. The van der Waals surface area contributed by atoms with Crippen molar-refractivity contribution in [2.24, 2.45) is 0 Å². The van der Waals surface area contributed by atoms with Crippen LogP contribution in [-0.2, 0) is 0 Å². The molecule has 0 aliphatic carbocycles. The fraction of sp³-hybridized carbons (Fsp3) is 0.286. The van der Waals surface area contributed by atoms with Gasteiger partial charge in [0.1, 0.15) is 5.75 Å². The topological polar surface area (TPSA) is 80.0 Å². The molecule has 1 aliphatic heterocycles. The largest absolute Gasteiger partial charge is 0.493 e. The van der Waals surface area contributed by atoms with Gasteiger partial charge in [-0.15, -0.1) is 0 Å². The van der Waals surface area contributed by atoms with Gasteiger partial charge in [-0.2, -0.15) is 0 Å². The van der Waals surface area contributed by atoms with Gasteiger partial charge in [0.2, 0.25) is 12.5 Å². The lowest BCUT2D eigenvalue weighted by molar-refractivity contribution is 0.103. The third-order valence-corrected chi connectivity index (χ3v) is 4.27. The fourth-order valence-corrected chi connectivity index (χ4v) is 2.92. The number of anilines is 1. The Hall–Kier alpha value is -3.15. The number of Topliss-reactive ketones (excluding diaryl/α,β-unsaturated/α-hetero) is 1. The number of carbonyl (C=O) groups excluding carboxylic acids is 1. The summed E-state index contributed by atoms with van der Waals surface area (Å²) in [6.45, 7) is 4.50. The molecule has 1 heterocycles. The van der Waals surface area contributed by atoms with Crippen LogP contribution in [0.2, 0.25) is 0 Å². The third-order valence-electron chi connectivity index (χ3n) is 4.27. The van der Waals surface area contributed by atoms with Crippen molar-refractivity contribution in [1.29, 1.82) is 0 Å². The highest BCUT2D eigenvalue weighted by Gasteiger charge is 2.20. The van der Waals surface area contributed by atoms with E-state index in [2.05, 4.69) is 0 Å². The highest BCUT2D eigenvalue weighted by molar-refractivity contribution is 6.11. The molecule has 0 aromatic heterocycles. The van der Waals surface area contributed by atoms with E-state index in [0.717, 1.165) is 5.56 Å². The van der Waals surface area contributed by atoms with Crippen LogP contribution in [0.1, 0.15) is 36.2 Å². The van der Waals surface area contributed by atoms with Crippen molar-refractivity contribution < 1.29 is 23.7 Å². The van der Waals surface area contributed by atoms with Crippen LogP contribution in [0.5, 0.6) is 23.0 Å². The van der Waals surface area contributed by atoms with Crippen molar-refractivity contribution >= 4 is 17.5 Å². The first-order valence-electron chi connectivity index (χ1n) is 8.82. The lowest BCUT2D eigenvalue weighted by Crippen LogP contribution is -2.05. The van der Waals surface area contributed by atoms with Crippen LogP contribution in [0.4, 0.5) is 5.69 Å². The molecule has 142 valence electrons. The molecule has 0 fully saturated rings. The Morgan fingerprint density at radius 3 is 2.67 bits per heavy atom. The fourth-order valence-electron chi connectivity index (χ4n) is 2.92. The van der Waals surface area contributed by atoms with Gasteiger partial charge in [-0.25, -0.2) is 0 Å². The number of hydrogen-bond acceptors (Lipinski definition) is 6. The Balaban J connectivity index is 1.93. The highest BCUT2D eigenvalue weighted by Crippen LogP contribution is 2.42. The summed E-state index contributed by atoms with van der Waals surface area (Å²) in [5.74, 6) is 2.26.